The lowest BCUT2D eigenvalue weighted by molar-refractivity contribution is -0.117. The van der Waals surface area contributed by atoms with E-state index in [1.54, 1.807) is 25.1 Å². The molecule has 1 N–H and O–H groups in total. The minimum absolute atomic E-state index is 0.129. The van der Waals surface area contributed by atoms with Crippen LogP contribution in [-0.4, -0.2) is 12.5 Å². The van der Waals surface area contributed by atoms with Crippen LogP contribution in [0, 0.1) is 5.82 Å². The molecule has 0 aliphatic rings. The maximum absolute atomic E-state index is 13.4. The predicted octanol–water partition coefficient (Wildman–Crippen LogP) is 3.59. The summed E-state index contributed by atoms with van der Waals surface area (Å²) in [5.41, 5.74) is 2.23. The topological polar surface area (TPSA) is 29.1 Å². The highest BCUT2D eigenvalue weighted by atomic mass is 19.1. The summed E-state index contributed by atoms with van der Waals surface area (Å²) in [5.74, 6) is -0.363. The molecule has 0 fully saturated rings. The van der Waals surface area contributed by atoms with Gasteiger partial charge in [-0.3, -0.25) is 4.79 Å². The second-order valence-corrected chi connectivity index (χ2v) is 4.84. The van der Waals surface area contributed by atoms with E-state index in [4.69, 9.17) is 0 Å². The van der Waals surface area contributed by atoms with Crippen molar-refractivity contribution in [2.45, 2.75) is 13.3 Å². The number of hydrogen-bond acceptors (Lipinski definition) is 1. The van der Waals surface area contributed by atoms with E-state index in [1.165, 1.54) is 6.07 Å². The second-order valence-electron chi connectivity index (χ2n) is 4.84. The lowest BCUT2D eigenvalue weighted by atomic mass is 10.1. The van der Waals surface area contributed by atoms with Gasteiger partial charge in [0.2, 0.25) is 5.91 Å². The van der Waals surface area contributed by atoms with E-state index in [2.05, 4.69) is 5.32 Å². The first-order chi connectivity index (χ1) is 10.2. The molecule has 0 bridgehead atoms. The van der Waals surface area contributed by atoms with Gasteiger partial charge in [0, 0.05) is 12.1 Å². The van der Waals surface area contributed by atoms with Crippen LogP contribution in [0.5, 0.6) is 0 Å². The van der Waals surface area contributed by atoms with Crippen LogP contribution in [0.4, 0.5) is 4.39 Å². The maximum Gasteiger partial charge on any atom is 0.246 e. The van der Waals surface area contributed by atoms with E-state index in [-0.39, 0.29) is 11.7 Å². The molecule has 0 atom stereocenters. The number of carbonyl (C=O) groups excluding carboxylic acids is 1. The zero-order valence-electron chi connectivity index (χ0n) is 12.0. The number of carbonyl (C=O) groups is 1. The second kappa shape index (κ2) is 7.39. The summed E-state index contributed by atoms with van der Waals surface area (Å²) in [4.78, 5) is 11.9. The first kappa shape index (κ1) is 15.0. The van der Waals surface area contributed by atoms with Crippen molar-refractivity contribution >= 4 is 12.0 Å². The third-order valence-electron chi connectivity index (χ3n) is 3.18. The van der Waals surface area contributed by atoms with Gasteiger partial charge < -0.3 is 5.32 Å². The molecule has 0 aliphatic heterocycles. The van der Waals surface area contributed by atoms with E-state index in [1.807, 2.05) is 36.4 Å². The van der Waals surface area contributed by atoms with E-state index >= 15 is 0 Å². The molecular weight excluding hydrogens is 265 g/mol. The minimum Gasteiger partial charge on any atom is -0.352 e. The van der Waals surface area contributed by atoms with Gasteiger partial charge in [0.1, 0.15) is 5.82 Å². The fourth-order valence-electron chi connectivity index (χ4n) is 2.02. The van der Waals surface area contributed by atoms with Crippen molar-refractivity contribution in [1.29, 1.82) is 0 Å². The Morgan fingerprint density at radius 2 is 1.76 bits per heavy atom. The third kappa shape index (κ3) is 4.56. The Labute approximate surface area is 124 Å². The van der Waals surface area contributed by atoms with Crippen molar-refractivity contribution in [3.63, 3.8) is 0 Å². The Balaban J connectivity index is 1.87. The Morgan fingerprint density at radius 3 is 2.48 bits per heavy atom. The molecule has 0 heterocycles. The SMILES string of the molecule is C/C(=C\c1ccccc1)C(=O)NCCc1ccccc1F. The minimum atomic E-state index is -0.233. The van der Waals surface area contributed by atoms with Gasteiger partial charge in [0.15, 0.2) is 0 Å². The number of nitrogens with one attached hydrogen (secondary N) is 1. The Kier molecular flexibility index (Phi) is 5.27. The summed E-state index contributed by atoms with van der Waals surface area (Å²) in [5, 5.41) is 2.80. The van der Waals surface area contributed by atoms with Gasteiger partial charge in [-0.15, -0.1) is 0 Å². The van der Waals surface area contributed by atoms with E-state index in [9.17, 15) is 9.18 Å². The highest BCUT2D eigenvalue weighted by Gasteiger charge is 2.05. The van der Waals surface area contributed by atoms with Gasteiger partial charge >= 0.3 is 0 Å². The van der Waals surface area contributed by atoms with Gasteiger partial charge in [0.25, 0.3) is 0 Å². The van der Waals surface area contributed by atoms with Crippen LogP contribution in [0.15, 0.2) is 60.2 Å². The number of amides is 1. The van der Waals surface area contributed by atoms with E-state index in [0.717, 1.165) is 5.56 Å². The summed E-state index contributed by atoms with van der Waals surface area (Å²) in [6, 6.07) is 16.3. The van der Waals surface area contributed by atoms with Crippen LogP contribution >= 0.6 is 0 Å². The highest BCUT2D eigenvalue weighted by Crippen LogP contribution is 2.08. The standard InChI is InChI=1S/C18H18FNO/c1-14(13-15-7-3-2-4-8-15)18(21)20-12-11-16-9-5-6-10-17(16)19/h2-10,13H,11-12H2,1H3,(H,20,21)/b14-13+. The Hall–Kier alpha value is -2.42. The number of rotatable bonds is 5. The average molecular weight is 283 g/mol. The fraction of sp³-hybridized carbons (Fsp3) is 0.167. The molecule has 0 saturated heterocycles. The van der Waals surface area contributed by atoms with Crippen molar-refractivity contribution in [1.82, 2.24) is 5.32 Å². The average Bonchev–Trinajstić information content (AvgIpc) is 2.50. The van der Waals surface area contributed by atoms with Crippen molar-refractivity contribution < 1.29 is 9.18 Å². The van der Waals surface area contributed by atoms with Crippen molar-refractivity contribution in [3.05, 3.63) is 77.1 Å². The van der Waals surface area contributed by atoms with Crippen LogP contribution in [0.2, 0.25) is 0 Å². The molecule has 2 nitrogen and oxygen atoms in total. The lowest BCUT2D eigenvalue weighted by Gasteiger charge is -2.06. The maximum atomic E-state index is 13.4. The third-order valence-corrected chi connectivity index (χ3v) is 3.18. The Bertz CT molecular complexity index is 635. The Morgan fingerprint density at radius 1 is 1.10 bits per heavy atom. The zero-order chi connectivity index (χ0) is 15.1. The van der Waals surface area contributed by atoms with E-state index in [0.29, 0.717) is 24.1 Å². The molecule has 2 aromatic rings. The van der Waals surface area contributed by atoms with Crippen LogP contribution in [0.3, 0.4) is 0 Å². The van der Waals surface area contributed by atoms with Crippen molar-refractivity contribution in [3.8, 4) is 0 Å². The van der Waals surface area contributed by atoms with Gasteiger partial charge in [-0.1, -0.05) is 48.5 Å². The summed E-state index contributed by atoms with van der Waals surface area (Å²) in [7, 11) is 0. The summed E-state index contributed by atoms with van der Waals surface area (Å²) >= 11 is 0. The molecule has 2 aromatic carbocycles. The zero-order valence-corrected chi connectivity index (χ0v) is 12.0. The molecule has 108 valence electrons. The molecule has 0 spiro atoms. The van der Waals surface area contributed by atoms with E-state index < -0.39 is 0 Å². The smallest absolute Gasteiger partial charge is 0.246 e. The molecule has 21 heavy (non-hydrogen) atoms. The highest BCUT2D eigenvalue weighted by molar-refractivity contribution is 5.97. The monoisotopic (exact) mass is 283 g/mol. The largest absolute Gasteiger partial charge is 0.352 e. The van der Waals surface area contributed by atoms with Crippen molar-refractivity contribution in [2.75, 3.05) is 6.54 Å². The molecule has 0 aromatic heterocycles. The van der Waals surface area contributed by atoms with Crippen LogP contribution in [0.1, 0.15) is 18.1 Å². The van der Waals surface area contributed by atoms with Gasteiger partial charge in [-0.2, -0.15) is 0 Å². The van der Waals surface area contributed by atoms with Gasteiger partial charge in [-0.25, -0.2) is 4.39 Å². The van der Waals surface area contributed by atoms with Crippen molar-refractivity contribution in [2.24, 2.45) is 0 Å². The van der Waals surface area contributed by atoms with Crippen LogP contribution < -0.4 is 5.32 Å². The number of benzene rings is 2. The molecule has 0 radical (unpaired) electrons. The lowest BCUT2D eigenvalue weighted by Crippen LogP contribution is -2.26. The molecule has 3 heteroatoms. The molecule has 0 aliphatic carbocycles. The normalized spacial score (nSPS) is 11.2. The quantitative estimate of drug-likeness (QED) is 0.835. The summed E-state index contributed by atoms with van der Waals surface area (Å²) in [6.45, 7) is 2.19. The first-order valence-corrected chi connectivity index (χ1v) is 6.92. The van der Waals surface area contributed by atoms with Gasteiger partial charge in [0.05, 0.1) is 0 Å². The van der Waals surface area contributed by atoms with Crippen LogP contribution in [-0.2, 0) is 11.2 Å². The van der Waals surface area contributed by atoms with Gasteiger partial charge in [-0.05, 0) is 36.6 Å². The molecule has 0 unspecified atom stereocenters. The predicted molar refractivity (Wildman–Crippen MR) is 83.2 cm³/mol. The summed E-state index contributed by atoms with van der Waals surface area (Å²) < 4.78 is 13.4. The fourth-order valence-corrected chi connectivity index (χ4v) is 2.02. The first-order valence-electron chi connectivity index (χ1n) is 6.92. The molecule has 0 saturated carbocycles. The number of hydrogen-bond donors (Lipinski definition) is 1. The number of halogens is 1. The summed E-state index contributed by atoms with van der Waals surface area (Å²) in [6.07, 6.45) is 2.31. The molecular formula is C18H18FNO. The van der Waals surface area contributed by atoms with Crippen LogP contribution in [0.25, 0.3) is 6.08 Å². The molecule has 1 amide bonds. The molecule has 2 rings (SSSR count).